The second-order valence-electron chi connectivity index (χ2n) is 12.4. The molecule has 3 unspecified atom stereocenters. The second kappa shape index (κ2) is 12.5. The van der Waals surface area contributed by atoms with Crippen molar-refractivity contribution >= 4 is 22.5 Å². The molecule has 5 heterocycles. The Labute approximate surface area is 262 Å². The molecular weight excluding hydrogens is 615 g/mol. The molecule has 0 aromatic carbocycles. The number of halogens is 5. The summed E-state index contributed by atoms with van der Waals surface area (Å²) < 4.78 is 91.1. The van der Waals surface area contributed by atoms with Crippen LogP contribution in [0.3, 0.4) is 0 Å². The van der Waals surface area contributed by atoms with E-state index in [0.717, 1.165) is 25.8 Å². The quantitative estimate of drug-likeness (QED) is 0.318. The summed E-state index contributed by atoms with van der Waals surface area (Å²) in [5.41, 5.74) is 2.45. The Bertz CT molecular complexity index is 1610. The highest BCUT2D eigenvalue weighted by atomic mass is 19.4. The van der Waals surface area contributed by atoms with Crippen LogP contribution in [0.1, 0.15) is 37.4 Å². The molecule has 0 radical (unpaired) electrons. The van der Waals surface area contributed by atoms with Gasteiger partial charge in [-0.05, 0) is 45.7 Å². The van der Waals surface area contributed by atoms with Crippen molar-refractivity contribution in [1.82, 2.24) is 30.2 Å². The Morgan fingerprint density at radius 3 is 2.61 bits per heavy atom. The normalized spacial score (nSPS) is 23.4. The van der Waals surface area contributed by atoms with Crippen molar-refractivity contribution in [3.8, 4) is 23.1 Å². The molecule has 2 fully saturated rings. The lowest BCUT2D eigenvalue weighted by molar-refractivity contribution is -0.137. The molecule has 1 aliphatic carbocycles. The molecule has 3 aromatic rings. The number of nitrogen functional groups attached to an aromatic ring is 1. The maximum Gasteiger partial charge on any atom is 0.418 e. The van der Waals surface area contributed by atoms with Crippen molar-refractivity contribution in [1.29, 1.82) is 0 Å². The molecule has 3 aromatic heterocycles. The van der Waals surface area contributed by atoms with E-state index in [2.05, 4.69) is 30.6 Å². The van der Waals surface area contributed by atoms with Crippen LogP contribution < -0.4 is 25.8 Å². The van der Waals surface area contributed by atoms with Crippen LogP contribution in [0.2, 0.25) is 0 Å². The molecule has 6 rings (SSSR count). The first-order valence-corrected chi connectivity index (χ1v) is 15.3. The first-order valence-electron chi connectivity index (χ1n) is 15.3. The largest absolute Gasteiger partial charge is 0.474 e. The number of aryl methyl sites for hydroxylation is 1. The van der Waals surface area contributed by atoms with Gasteiger partial charge in [0.1, 0.15) is 40.5 Å². The molecule has 46 heavy (non-hydrogen) atoms. The summed E-state index contributed by atoms with van der Waals surface area (Å²) in [6, 6.07) is 0.779. The van der Waals surface area contributed by atoms with Crippen molar-refractivity contribution in [2.24, 2.45) is 5.41 Å². The topological polar surface area (TPSA) is 133 Å². The molecule has 16 heteroatoms. The number of hydrogen-bond acceptors (Lipinski definition) is 11. The van der Waals surface area contributed by atoms with Crippen molar-refractivity contribution in [2.75, 3.05) is 64.0 Å². The van der Waals surface area contributed by atoms with E-state index >= 15 is 4.39 Å². The number of nitrogens with one attached hydrogen (secondary N) is 2. The highest BCUT2D eigenvalue weighted by Crippen LogP contribution is 2.48. The summed E-state index contributed by atoms with van der Waals surface area (Å²) in [7, 11) is 1.49. The van der Waals surface area contributed by atoms with Gasteiger partial charge < -0.3 is 30.6 Å². The molecule has 1 saturated carbocycles. The highest BCUT2D eigenvalue weighted by molar-refractivity contribution is 5.96. The molecule has 0 bridgehead atoms. The summed E-state index contributed by atoms with van der Waals surface area (Å²) in [5.74, 6) is -1.31. The van der Waals surface area contributed by atoms with Gasteiger partial charge in [0.25, 0.3) is 0 Å². The zero-order valence-electron chi connectivity index (χ0n) is 25.8. The molecule has 11 nitrogen and oxygen atoms in total. The molecule has 0 amide bonds. The maximum absolute atomic E-state index is 16.6. The van der Waals surface area contributed by atoms with Gasteiger partial charge in [-0.2, -0.15) is 23.1 Å². The van der Waals surface area contributed by atoms with Crippen molar-refractivity contribution in [2.45, 2.75) is 57.7 Å². The second-order valence-corrected chi connectivity index (χ2v) is 12.4. The fraction of sp³-hybridized carbons (Fsp3) is 0.600. The third-order valence-corrected chi connectivity index (χ3v) is 8.73. The summed E-state index contributed by atoms with van der Waals surface area (Å²) >= 11 is 0. The van der Waals surface area contributed by atoms with E-state index < -0.39 is 52.9 Å². The van der Waals surface area contributed by atoms with E-state index in [4.69, 9.17) is 19.9 Å². The van der Waals surface area contributed by atoms with Crippen LogP contribution in [-0.4, -0.2) is 96.2 Å². The average molecular weight is 653 g/mol. The maximum atomic E-state index is 16.6. The van der Waals surface area contributed by atoms with Crippen molar-refractivity contribution in [3.05, 3.63) is 23.1 Å². The number of likely N-dealkylation sites (tertiary alicyclic amines) is 1. The van der Waals surface area contributed by atoms with Gasteiger partial charge in [0.15, 0.2) is 5.82 Å². The monoisotopic (exact) mass is 652 g/mol. The Hall–Kier alpha value is -3.63. The number of ether oxygens (including phenoxy) is 3. The Morgan fingerprint density at radius 1 is 1.13 bits per heavy atom. The molecule has 3 aliphatic rings. The van der Waals surface area contributed by atoms with Gasteiger partial charge in [-0.15, -0.1) is 0 Å². The predicted octanol–water partition coefficient (Wildman–Crippen LogP) is 4.14. The SMILES string of the molecule is COC1CN(CC2(COc3nc4c5c(nc(-c6cc(N)nc(C)c6C(F)(F)F)c(F)c5n3)OC(C)CCNCCN4)CC2)CC1F. The lowest BCUT2D eigenvalue weighted by Gasteiger charge is -2.23. The Kier molecular flexibility index (Phi) is 8.80. The molecule has 4 N–H and O–H groups in total. The molecular formula is C30H37F5N8O3. The first kappa shape index (κ1) is 32.3. The average Bonchev–Trinajstić information content (AvgIpc) is 3.66. The van der Waals surface area contributed by atoms with Crippen molar-refractivity contribution in [3.63, 3.8) is 0 Å². The number of alkyl halides is 4. The van der Waals surface area contributed by atoms with Gasteiger partial charge in [0.2, 0.25) is 5.88 Å². The lowest BCUT2D eigenvalue weighted by atomic mass is 10.0. The van der Waals surface area contributed by atoms with E-state index in [1.165, 1.54) is 7.11 Å². The number of pyridine rings is 2. The molecule has 3 atom stereocenters. The molecule has 2 aliphatic heterocycles. The zero-order chi connectivity index (χ0) is 32.8. The predicted molar refractivity (Wildman–Crippen MR) is 160 cm³/mol. The summed E-state index contributed by atoms with van der Waals surface area (Å²) in [6.45, 7) is 5.98. The third-order valence-electron chi connectivity index (χ3n) is 8.73. The van der Waals surface area contributed by atoms with E-state index in [1.54, 1.807) is 6.92 Å². The van der Waals surface area contributed by atoms with Gasteiger partial charge in [-0.3, -0.25) is 4.90 Å². The van der Waals surface area contributed by atoms with Crippen LogP contribution in [-0.2, 0) is 10.9 Å². The smallest absolute Gasteiger partial charge is 0.418 e. The number of aromatic nitrogens is 4. The molecule has 0 spiro atoms. The number of nitrogens with zero attached hydrogens (tertiary/aromatic N) is 5. The van der Waals surface area contributed by atoms with Crippen LogP contribution in [0.15, 0.2) is 6.07 Å². The standard InChI is InChI=1S/C30H37F5N8O3/c1-15-4-7-37-8-9-38-26-21-25(41-28(42-26)45-14-29(5-6-29)13-43-11-18(31)19(12-43)44-3)23(32)24(40-27(21)46-15)17-10-20(36)39-16(2)22(17)30(33,34)35/h10,15,18-19,37H,4-9,11-14H2,1-3H3,(H2,36,39)(H,38,41,42). The number of hydrogen-bond donors (Lipinski definition) is 3. The van der Waals surface area contributed by atoms with Gasteiger partial charge in [0, 0.05) is 50.8 Å². The van der Waals surface area contributed by atoms with Crippen molar-refractivity contribution < 1.29 is 36.2 Å². The zero-order valence-corrected chi connectivity index (χ0v) is 25.8. The fourth-order valence-corrected chi connectivity index (χ4v) is 6.14. The van der Waals surface area contributed by atoms with Crippen LogP contribution in [0, 0.1) is 18.2 Å². The van der Waals surface area contributed by atoms with E-state index in [0.29, 0.717) is 39.1 Å². The van der Waals surface area contributed by atoms with Gasteiger partial charge in [0.05, 0.1) is 24.0 Å². The number of methoxy groups -OCH3 is 1. The molecule has 1 saturated heterocycles. The highest BCUT2D eigenvalue weighted by Gasteiger charge is 2.47. The minimum absolute atomic E-state index is 0.0763. The summed E-state index contributed by atoms with van der Waals surface area (Å²) in [5, 5.41) is 6.50. The number of anilines is 2. The molecule has 250 valence electrons. The van der Waals surface area contributed by atoms with E-state index in [1.807, 2.05) is 4.90 Å². The fourth-order valence-electron chi connectivity index (χ4n) is 6.14. The summed E-state index contributed by atoms with van der Waals surface area (Å²) in [6.07, 6.45) is -4.65. The Morgan fingerprint density at radius 2 is 1.91 bits per heavy atom. The van der Waals surface area contributed by atoms with Gasteiger partial charge in [-0.1, -0.05) is 0 Å². The minimum atomic E-state index is -4.88. The number of nitrogens with two attached hydrogens (primary N) is 1. The van der Waals surface area contributed by atoms with E-state index in [-0.39, 0.29) is 53.0 Å². The van der Waals surface area contributed by atoms with Gasteiger partial charge >= 0.3 is 12.2 Å². The van der Waals surface area contributed by atoms with E-state index in [9.17, 15) is 17.6 Å². The van der Waals surface area contributed by atoms with Gasteiger partial charge in [-0.25, -0.2) is 18.7 Å². The van der Waals surface area contributed by atoms with Crippen LogP contribution in [0.5, 0.6) is 11.9 Å². The summed E-state index contributed by atoms with van der Waals surface area (Å²) in [4.78, 5) is 19.0. The van der Waals surface area contributed by atoms with Crippen LogP contribution >= 0.6 is 0 Å². The van der Waals surface area contributed by atoms with Crippen LogP contribution in [0.25, 0.3) is 22.2 Å². The lowest BCUT2D eigenvalue weighted by Crippen LogP contribution is -2.33. The van der Waals surface area contributed by atoms with Crippen LogP contribution in [0.4, 0.5) is 33.6 Å². The Balaban J connectivity index is 1.43. The minimum Gasteiger partial charge on any atom is -0.474 e. The number of rotatable bonds is 7. The first-order chi connectivity index (χ1) is 21.9. The third kappa shape index (κ3) is 6.60.